The molecule has 1 aliphatic carbocycles. The van der Waals surface area contributed by atoms with Crippen LogP contribution in [0.3, 0.4) is 0 Å². The second kappa shape index (κ2) is 4.77. The molecule has 2 unspecified atom stereocenters. The van der Waals surface area contributed by atoms with Crippen LogP contribution in [0.2, 0.25) is 0 Å². The van der Waals surface area contributed by atoms with Gasteiger partial charge in [0.15, 0.2) is 0 Å². The Balaban J connectivity index is 3.12. The summed E-state index contributed by atoms with van der Waals surface area (Å²) in [5.41, 5.74) is 0. The van der Waals surface area contributed by atoms with Crippen molar-refractivity contribution >= 4 is 40.8 Å². The number of carboxylic acids is 1. The number of carbonyl (C=O) groups excluding carboxylic acids is 1. The van der Waals surface area contributed by atoms with E-state index in [1.807, 2.05) is 6.92 Å². The first-order valence-corrected chi connectivity index (χ1v) is 5.71. The average molecular weight is 269 g/mol. The summed E-state index contributed by atoms with van der Waals surface area (Å²) in [5.74, 6) is -1.87. The SMILES string of the molecule is CCCC1C(Cl)=C(Cl)C=CC1(Cl)C(=O)[O-]. The van der Waals surface area contributed by atoms with Crippen LogP contribution in [0, 0.1) is 5.92 Å². The fraction of sp³-hybridized carbons (Fsp3) is 0.500. The molecule has 0 saturated carbocycles. The van der Waals surface area contributed by atoms with E-state index in [2.05, 4.69) is 0 Å². The van der Waals surface area contributed by atoms with Gasteiger partial charge in [-0.2, -0.15) is 0 Å². The van der Waals surface area contributed by atoms with Gasteiger partial charge in [-0.15, -0.1) is 11.6 Å². The minimum absolute atomic E-state index is 0.292. The van der Waals surface area contributed by atoms with E-state index in [4.69, 9.17) is 34.8 Å². The van der Waals surface area contributed by atoms with Gasteiger partial charge in [-0.3, -0.25) is 0 Å². The fourth-order valence-corrected chi connectivity index (χ4v) is 2.45. The monoisotopic (exact) mass is 267 g/mol. The van der Waals surface area contributed by atoms with Crippen LogP contribution >= 0.6 is 34.8 Å². The molecule has 0 aromatic carbocycles. The van der Waals surface area contributed by atoms with Crippen molar-refractivity contribution in [3.05, 3.63) is 22.2 Å². The number of carbonyl (C=O) groups is 1. The molecule has 0 radical (unpaired) electrons. The molecule has 0 heterocycles. The van der Waals surface area contributed by atoms with Crippen LogP contribution in [-0.4, -0.2) is 10.8 Å². The third-order valence-corrected chi connectivity index (χ3v) is 3.84. The highest BCUT2D eigenvalue weighted by atomic mass is 35.5. The van der Waals surface area contributed by atoms with Crippen molar-refractivity contribution < 1.29 is 9.90 Å². The molecule has 0 bridgehead atoms. The quantitative estimate of drug-likeness (QED) is 0.737. The summed E-state index contributed by atoms with van der Waals surface area (Å²) in [6.07, 6.45) is 4.05. The largest absolute Gasteiger partial charge is 0.548 e. The molecule has 5 heteroatoms. The van der Waals surface area contributed by atoms with Crippen LogP contribution in [0.15, 0.2) is 22.2 Å². The predicted octanol–water partition coefficient (Wildman–Crippen LogP) is 2.39. The number of carboxylic acid groups (broad SMARTS) is 1. The molecular weight excluding hydrogens is 258 g/mol. The average Bonchev–Trinajstić information content (AvgIpc) is 2.19. The molecule has 84 valence electrons. The summed E-state index contributed by atoms with van der Waals surface area (Å²) in [6.45, 7) is 1.92. The lowest BCUT2D eigenvalue weighted by molar-refractivity contribution is -0.309. The van der Waals surface area contributed by atoms with E-state index in [1.165, 1.54) is 12.2 Å². The molecule has 0 fully saturated rings. The van der Waals surface area contributed by atoms with Crippen molar-refractivity contribution in [1.82, 2.24) is 0 Å². The van der Waals surface area contributed by atoms with Crippen molar-refractivity contribution in [3.8, 4) is 0 Å². The van der Waals surface area contributed by atoms with Gasteiger partial charge in [-0.25, -0.2) is 0 Å². The van der Waals surface area contributed by atoms with E-state index >= 15 is 0 Å². The van der Waals surface area contributed by atoms with Crippen LogP contribution in [0.25, 0.3) is 0 Å². The molecule has 0 saturated heterocycles. The summed E-state index contributed by atoms with van der Waals surface area (Å²) < 4.78 is 0. The molecule has 0 aromatic rings. The highest BCUT2D eigenvalue weighted by Gasteiger charge is 2.40. The number of aliphatic carboxylic acids is 1. The van der Waals surface area contributed by atoms with Crippen LogP contribution in [-0.2, 0) is 4.79 Å². The topological polar surface area (TPSA) is 40.1 Å². The fourth-order valence-electron chi connectivity index (χ4n) is 1.58. The number of hydrogen-bond donors (Lipinski definition) is 0. The Hall–Kier alpha value is -0.180. The van der Waals surface area contributed by atoms with E-state index in [9.17, 15) is 9.90 Å². The van der Waals surface area contributed by atoms with Gasteiger partial charge in [0, 0.05) is 11.0 Å². The summed E-state index contributed by atoms with van der Waals surface area (Å²) in [7, 11) is 0. The molecular formula is C10H10Cl3O2-. The number of rotatable bonds is 3. The lowest BCUT2D eigenvalue weighted by Gasteiger charge is -2.36. The van der Waals surface area contributed by atoms with Crippen molar-refractivity contribution in [2.75, 3.05) is 0 Å². The standard InChI is InChI=1S/C10H11Cl3O2/c1-2-3-6-8(12)7(11)4-5-10(6,13)9(14)15/h4-6H,2-3H2,1H3,(H,14,15)/p-1. The maximum absolute atomic E-state index is 11.0. The zero-order valence-electron chi connectivity index (χ0n) is 8.10. The van der Waals surface area contributed by atoms with Crippen LogP contribution in [0.4, 0.5) is 0 Å². The highest BCUT2D eigenvalue weighted by molar-refractivity contribution is 6.43. The first-order chi connectivity index (χ1) is 6.93. The van der Waals surface area contributed by atoms with Gasteiger partial charge >= 0.3 is 0 Å². The summed E-state index contributed by atoms with van der Waals surface area (Å²) >= 11 is 17.8. The summed E-state index contributed by atoms with van der Waals surface area (Å²) in [4.78, 5) is 9.42. The Morgan fingerprint density at radius 3 is 2.67 bits per heavy atom. The minimum atomic E-state index is -1.58. The number of alkyl halides is 1. The lowest BCUT2D eigenvalue weighted by atomic mass is 9.84. The van der Waals surface area contributed by atoms with Gasteiger partial charge in [0.05, 0.1) is 11.0 Å². The zero-order chi connectivity index (χ0) is 11.6. The second-order valence-corrected chi connectivity index (χ2v) is 4.87. The molecule has 0 aromatic heterocycles. The molecule has 0 aliphatic heterocycles. The van der Waals surface area contributed by atoms with E-state index in [0.717, 1.165) is 6.42 Å². The molecule has 15 heavy (non-hydrogen) atoms. The van der Waals surface area contributed by atoms with Gasteiger partial charge in [0.2, 0.25) is 0 Å². The number of hydrogen-bond acceptors (Lipinski definition) is 2. The summed E-state index contributed by atoms with van der Waals surface area (Å²) in [6, 6.07) is 0. The van der Waals surface area contributed by atoms with Crippen molar-refractivity contribution in [1.29, 1.82) is 0 Å². The van der Waals surface area contributed by atoms with E-state index < -0.39 is 16.8 Å². The zero-order valence-corrected chi connectivity index (χ0v) is 10.4. The molecule has 1 rings (SSSR count). The molecule has 2 nitrogen and oxygen atoms in total. The van der Waals surface area contributed by atoms with Gasteiger partial charge < -0.3 is 9.90 Å². The Bertz CT molecular complexity index is 336. The van der Waals surface area contributed by atoms with Crippen molar-refractivity contribution in [2.24, 2.45) is 5.92 Å². The molecule has 1 aliphatic rings. The van der Waals surface area contributed by atoms with Crippen molar-refractivity contribution in [3.63, 3.8) is 0 Å². The smallest absolute Gasteiger partial charge is 0.110 e. The molecule has 2 atom stereocenters. The minimum Gasteiger partial charge on any atom is -0.548 e. The molecule has 0 amide bonds. The van der Waals surface area contributed by atoms with Crippen molar-refractivity contribution in [2.45, 2.75) is 24.6 Å². The van der Waals surface area contributed by atoms with E-state index in [1.54, 1.807) is 0 Å². The highest BCUT2D eigenvalue weighted by Crippen LogP contribution is 2.43. The van der Waals surface area contributed by atoms with Crippen LogP contribution in [0.1, 0.15) is 19.8 Å². The van der Waals surface area contributed by atoms with E-state index in [-0.39, 0.29) is 0 Å². The Kier molecular flexibility index (Phi) is 4.10. The normalized spacial score (nSPS) is 30.8. The van der Waals surface area contributed by atoms with Gasteiger partial charge in [0.25, 0.3) is 0 Å². The maximum Gasteiger partial charge on any atom is 0.110 e. The third kappa shape index (κ3) is 2.32. The molecule has 0 N–H and O–H groups in total. The number of halogens is 3. The van der Waals surface area contributed by atoms with E-state index in [0.29, 0.717) is 16.5 Å². The first-order valence-electron chi connectivity index (χ1n) is 4.58. The Morgan fingerprint density at radius 2 is 2.20 bits per heavy atom. The Morgan fingerprint density at radius 1 is 1.60 bits per heavy atom. The molecule has 0 spiro atoms. The van der Waals surface area contributed by atoms with Gasteiger partial charge in [-0.1, -0.05) is 42.6 Å². The number of allylic oxidation sites excluding steroid dienone is 3. The second-order valence-electron chi connectivity index (χ2n) is 3.43. The van der Waals surface area contributed by atoms with Gasteiger partial charge in [0.1, 0.15) is 4.87 Å². The summed E-state index contributed by atoms with van der Waals surface area (Å²) in [5, 5.41) is 11.6. The lowest BCUT2D eigenvalue weighted by Crippen LogP contribution is -2.49. The third-order valence-electron chi connectivity index (χ3n) is 2.40. The van der Waals surface area contributed by atoms with Crippen LogP contribution in [0.5, 0.6) is 0 Å². The first kappa shape index (κ1) is 12.9. The van der Waals surface area contributed by atoms with Crippen LogP contribution < -0.4 is 5.11 Å². The van der Waals surface area contributed by atoms with Gasteiger partial charge in [-0.05, 0) is 12.5 Å². The Labute approximate surface area is 104 Å². The predicted molar refractivity (Wildman–Crippen MR) is 59.9 cm³/mol. The maximum atomic E-state index is 11.0.